The van der Waals surface area contributed by atoms with Gasteiger partial charge in [-0.15, -0.1) is 0 Å². The molecule has 66 heavy (non-hydrogen) atoms. The van der Waals surface area contributed by atoms with Crippen molar-refractivity contribution in [1.29, 1.82) is 0 Å². The molecule has 4 nitrogen and oxygen atoms in total. The second-order valence-electron chi connectivity index (χ2n) is 16.8. The highest BCUT2D eigenvalue weighted by molar-refractivity contribution is 6.12. The normalized spacial score (nSPS) is 12.6. The Balaban J connectivity index is 0.908. The third kappa shape index (κ3) is 6.82. The minimum Gasteiger partial charge on any atom is -0.313 e. The number of allylic oxidation sites excluding steroid dienone is 4. The standard InChI is InChI=1S/C60H42F2N4/c61-43-23-31-49(32-24-43)63(51-35-37-59-55(39-51)53-15-7-9-17-57(53)65(59)45-11-3-1-4-12-45)47-27-19-41(20-28-47)42-21-29-48(30-22-42)64(50-33-25-44(62)26-34-50)52-36-38-60-56(40-52)54-16-8-10-18-58(54)66(60)46-13-5-2-6-14-46/h1-5,7-13,15-40H,6,14H2. The molecule has 2 heterocycles. The zero-order valence-corrected chi connectivity index (χ0v) is 35.9. The van der Waals surface area contributed by atoms with Crippen molar-refractivity contribution >= 4 is 83.4 Å². The highest BCUT2D eigenvalue weighted by Gasteiger charge is 2.20. The molecule has 1 aliphatic carbocycles. The summed E-state index contributed by atoms with van der Waals surface area (Å²) in [7, 11) is 0. The van der Waals surface area contributed by atoms with E-state index in [1.807, 2.05) is 30.3 Å². The molecule has 0 spiro atoms. The van der Waals surface area contributed by atoms with Crippen molar-refractivity contribution in [3.63, 3.8) is 0 Å². The molecule has 0 saturated carbocycles. The predicted molar refractivity (Wildman–Crippen MR) is 271 cm³/mol. The van der Waals surface area contributed by atoms with Crippen LogP contribution in [0.4, 0.5) is 42.9 Å². The Hall–Kier alpha value is -8.48. The monoisotopic (exact) mass is 856 g/mol. The van der Waals surface area contributed by atoms with Gasteiger partial charge in [0.25, 0.3) is 0 Å². The van der Waals surface area contributed by atoms with Crippen molar-refractivity contribution in [3.05, 3.63) is 242 Å². The Labute approximate surface area is 381 Å². The van der Waals surface area contributed by atoms with E-state index in [0.29, 0.717) is 0 Å². The lowest BCUT2D eigenvalue weighted by atomic mass is 10.0. The molecule has 2 aromatic heterocycles. The lowest BCUT2D eigenvalue weighted by molar-refractivity contribution is 0.627. The van der Waals surface area contributed by atoms with E-state index >= 15 is 0 Å². The number of benzene rings is 9. The molecular formula is C60H42F2N4. The summed E-state index contributed by atoms with van der Waals surface area (Å²) >= 11 is 0. The number of hydrogen-bond acceptors (Lipinski definition) is 2. The lowest BCUT2D eigenvalue weighted by Gasteiger charge is -2.26. The summed E-state index contributed by atoms with van der Waals surface area (Å²) in [5, 5.41) is 4.65. The molecule has 0 saturated heterocycles. The Kier molecular flexibility index (Phi) is 9.64. The number of nitrogens with zero attached hydrogens (tertiary/aromatic N) is 4. The van der Waals surface area contributed by atoms with Gasteiger partial charge >= 0.3 is 0 Å². The summed E-state index contributed by atoms with van der Waals surface area (Å²) in [4.78, 5) is 4.37. The molecule has 0 bridgehead atoms. The molecule has 0 fully saturated rings. The first kappa shape index (κ1) is 39.1. The van der Waals surface area contributed by atoms with Crippen LogP contribution in [0.2, 0.25) is 0 Å². The zero-order valence-electron chi connectivity index (χ0n) is 35.9. The average Bonchev–Trinajstić information content (AvgIpc) is 3.89. The van der Waals surface area contributed by atoms with E-state index in [9.17, 15) is 8.78 Å². The zero-order chi connectivity index (χ0) is 44.1. The van der Waals surface area contributed by atoms with Gasteiger partial charge in [0.1, 0.15) is 11.6 Å². The molecule has 316 valence electrons. The maximum atomic E-state index is 14.4. The van der Waals surface area contributed by atoms with Gasteiger partial charge in [-0.05, 0) is 164 Å². The maximum absolute atomic E-state index is 14.4. The van der Waals surface area contributed by atoms with E-state index in [4.69, 9.17) is 0 Å². The molecule has 6 heteroatoms. The molecule has 9 aromatic carbocycles. The second-order valence-corrected chi connectivity index (χ2v) is 16.8. The minimum atomic E-state index is -0.282. The van der Waals surface area contributed by atoms with E-state index in [-0.39, 0.29) is 11.6 Å². The summed E-state index contributed by atoms with van der Waals surface area (Å²) in [6, 6.07) is 71.2. The van der Waals surface area contributed by atoms with Crippen LogP contribution in [0, 0.1) is 11.6 Å². The Morgan fingerprint density at radius 1 is 0.364 bits per heavy atom. The van der Waals surface area contributed by atoms with Crippen molar-refractivity contribution in [3.8, 4) is 16.8 Å². The van der Waals surface area contributed by atoms with Gasteiger partial charge in [-0.25, -0.2) is 8.78 Å². The van der Waals surface area contributed by atoms with Crippen molar-refractivity contribution in [2.45, 2.75) is 12.8 Å². The van der Waals surface area contributed by atoms with Crippen LogP contribution in [0.25, 0.3) is 66.1 Å². The lowest BCUT2D eigenvalue weighted by Crippen LogP contribution is -2.10. The highest BCUT2D eigenvalue weighted by Crippen LogP contribution is 2.43. The minimum absolute atomic E-state index is 0.278. The van der Waals surface area contributed by atoms with Gasteiger partial charge in [0.15, 0.2) is 0 Å². The fourth-order valence-electron chi connectivity index (χ4n) is 9.82. The smallest absolute Gasteiger partial charge is 0.123 e. The summed E-state index contributed by atoms with van der Waals surface area (Å²) in [5.74, 6) is -0.560. The van der Waals surface area contributed by atoms with E-state index in [1.54, 1.807) is 0 Å². The van der Waals surface area contributed by atoms with Crippen molar-refractivity contribution < 1.29 is 8.78 Å². The van der Waals surface area contributed by atoms with E-state index < -0.39 is 0 Å². The van der Waals surface area contributed by atoms with Gasteiger partial charge in [-0.1, -0.05) is 91.0 Å². The number of hydrogen-bond donors (Lipinski definition) is 0. The van der Waals surface area contributed by atoms with Gasteiger partial charge in [-0.2, -0.15) is 0 Å². The van der Waals surface area contributed by atoms with Crippen LogP contribution < -0.4 is 9.80 Å². The summed E-state index contributed by atoms with van der Waals surface area (Å²) in [5.41, 5.74) is 14.7. The van der Waals surface area contributed by atoms with E-state index in [0.717, 1.165) is 96.5 Å². The average molecular weight is 857 g/mol. The van der Waals surface area contributed by atoms with Crippen LogP contribution in [-0.2, 0) is 0 Å². The third-order valence-corrected chi connectivity index (χ3v) is 12.9. The van der Waals surface area contributed by atoms with E-state index in [1.165, 1.54) is 40.9 Å². The SMILES string of the molecule is Fc1ccc(N(c2ccc(-c3ccc(N(c4ccc(F)cc4)c4ccc5c(c4)c4ccccc4n5-c4ccccc4)cc3)cc2)c2ccc3c(c2)c2ccccc2n3C2=CC=CCC2)cc1. The van der Waals surface area contributed by atoms with Gasteiger partial charge in [0, 0.05) is 67.1 Å². The molecule has 0 aliphatic heterocycles. The molecule has 1 aliphatic rings. The first-order chi connectivity index (χ1) is 32.6. The summed E-state index contributed by atoms with van der Waals surface area (Å²) < 4.78 is 33.4. The van der Waals surface area contributed by atoms with E-state index in [2.05, 4.69) is 195 Å². The first-order valence-corrected chi connectivity index (χ1v) is 22.4. The fraction of sp³-hybridized carbons (Fsp3) is 0.0333. The highest BCUT2D eigenvalue weighted by atomic mass is 19.1. The Bertz CT molecular complexity index is 3640. The van der Waals surface area contributed by atoms with Gasteiger partial charge < -0.3 is 18.9 Å². The Morgan fingerprint density at radius 2 is 0.773 bits per heavy atom. The number of para-hydroxylation sites is 3. The quantitative estimate of drug-likeness (QED) is 0.144. The van der Waals surface area contributed by atoms with Gasteiger partial charge in [0.05, 0.1) is 22.1 Å². The van der Waals surface area contributed by atoms with Crippen LogP contribution in [0.1, 0.15) is 12.8 Å². The fourth-order valence-corrected chi connectivity index (χ4v) is 9.82. The molecule has 12 rings (SSSR count). The second kappa shape index (κ2) is 16.3. The molecule has 0 atom stereocenters. The van der Waals surface area contributed by atoms with Crippen molar-refractivity contribution in [2.75, 3.05) is 9.80 Å². The number of fused-ring (bicyclic) bond motifs is 6. The largest absolute Gasteiger partial charge is 0.313 e. The van der Waals surface area contributed by atoms with Crippen molar-refractivity contribution in [2.24, 2.45) is 0 Å². The van der Waals surface area contributed by atoms with Crippen LogP contribution in [0.5, 0.6) is 0 Å². The molecule has 0 radical (unpaired) electrons. The van der Waals surface area contributed by atoms with Crippen LogP contribution in [-0.4, -0.2) is 9.13 Å². The molecule has 11 aromatic rings. The molecular weight excluding hydrogens is 815 g/mol. The summed E-state index contributed by atoms with van der Waals surface area (Å²) in [6.45, 7) is 0. The van der Waals surface area contributed by atoms with Crippen molar-refractivity contribution in [1.82, 2.24) is 9.13 Å². The predicted octanol–water partition coefficient (Wildman–Crippen LogP) is 17.0. The Morgan fingerprint density at radius 3 is 1.26 bits per heavy atom. The molecule has 0 unspecified atom stereocenters. The number of aromatic nitrogens is 2. The number of rotatable bonds is 9. The summed E-state index contributed by atoms with van der Waals surface area (Å²) in [6.07, 6.45) is 8.59. The van der Waals surface area contributed by atoms with Crippen LogP contribution >= 0.6 is 0 Å². The van der Waals surface area contributed by atoms with Gasteiger partial charge in [0.2, 0.25) is 0 Å². The number of anilines is 6. The first-order valence-electron chi connectivity index (χ1n) is 22.4. The maximum Gasteiger partial charge on any atom is 0.123 e. The van der Waals surface area contributed by atoms with Gasteiger partial charge in [-0.3, -0.25) is 0 Å². The van der Waals surface area contributed by atoms with Crippen LogP contribution in [0.15, 0.2) is 231 Å². The topological polar surface area (TPSA) is 16.3 Å². The molecule has 0 N–H and O–H groups in total. The molecule has 0 amide bonds. The third-order valence-electron chi connectivity index (χ3n) is 12.9. The number of halogens is 2. The van der Waals surface area contributed by atoms with Crippen LogP contribution in [0.3, 0.4) is 0 Å².